The number of hydrogen-bond acceptors (Lipinski definition) is 5. The Balaban J connectivity index is 1.48. The fraction of sp³-hybridized carbons (Fsp3) is 0.538. The van der Waals surface area contributed by atoms with Crippen LogP contribution in [0.5, 0.6) is 0 Å². The molecule has 0 spiro atoms. The summed E-state index contributed by atoms with van der Waals surface area (Å²) in [6, 6.07) is 2.00. The van der Waals surface area contributed by atoms with Crippen molar-refractivity contribution < 1.29 is 4.74 Å². The molecule has 0 atom stereocenters. The van der Waals surface area contributed by atoms with Crippen molar-refractivity contribution in [1.82, 2.24) is 19.9 Å². The van der Waals surface area contributed by atoms with Gasteiger partial charge in [-0.25, -0.2) is 9.97 Å². The van der Waals surface area contributed by atoms with Crippen LogP contribution in [0.2, 0.25) is 0 Å². The highest BCUT2D eigenvalue weighted by molar-refractivity contribution is 5.86. The van der Waals surface area contributed by atoms with Gasteiger partial charge < -0.3 is 15.0 Å². The highest BCUT2D eigenvalue weighted by atomic mass is 16.5. The fourth-order valence-corrected chi connectivity index (χ4v) is 2.35. The Morgan fingerprint density at radius 1 is 1.32 bits per heavy atom. The lowest BCUT2D eigenvalue weighted by molar-refractivity contribution is 0.0378. The van der Waals surface area contributed by atoms with Crippen LogP contribution in [0.15, 0.2) is 18.6 Å². The van der Waals surface area contributed by atoms with Crippen LogP contribution in [0.1, 0.15) is 6.42 Å². The van der Waals surface area contributed by atoms with Gasteiger partial charge in [0.25, 0.3) is 0 Å². The van der Waals surface area contributed by atoms with Crippen molar-refractivity contribution in [2.24, 2.45) is 0 Å². The molecule has 2 N–H and O–H groups in total. The zero-order valence-electron chi connectivity index (χ0n) is 10.9. The number of nitrogens with zero attached hydrogens (tertiary/aromatic N) is 3. The van der Waals surface area contributed by atoms with E-state index in [9.17, 15) is 0 Å². The molecule has 102 valence electrons. The first-order chi connectivity index (χ1) is 9.43. The number of rotatable bonds is 5. The molecule has 0 unspecified atom stereocenters. The zero-order chi connectivity index (χ0) is 12.9. The minimum atomic E-state index is 0.864. The number of ether oxygens (including phenoxy) is 1. The van der Waals surface area contributed by atoms with E-state index in [0.717, 1.165) is 62.7 Å². The van der Waals surface area contributed by atoms with E-state index < -0.39 is 0 Å². The average molecular weight is 261 g/mol. The standard InChI is InChI=1S/C13H19N5O/c1(5-18-6-8-19-9-7-18)3-14-12-11-2-4-15-13(11)17-10-16-12/h2,4,10H,1,3,5-9H2,(H2,14,15,16,17). The molecule has 0 amide bonds. The average Bonchev–Trinajstić information content (AvgIpc) is 2.94. The molecule has 3 rings (SSSR count). The van der Waals surface area contributed by atoms with Crippen LogP contribution in [0.25, 0.3) is 11.0 Å². The van der Waals surface area contributed by atoms with Crippen molar-refractivity contribution in [1.29, 1.82) is 0 Å². The molecular formula is C13H19N5O. The molecule has 6 nitrogen and oxygen atoms in total. The highest BCUT2D eigenvalue weighted by Gasteiger charge is 2.09. The van der Waals surface area contributed by atoms with Crippen LogP contribution in [0.3, 0.4) is 0 Å². The number of aromatic nitrogens is 3. The number of anilines is 1. The van der Waals surface area contributed by atoms with E-state index in [-0.39, 0.29) is 0 Å². The normalized spacial score (nSPS) is 16.8. The molecule has 19 heavy (non-hydrogen) atoms. The summed E-state index contributed by atoms with van der Waals surface area (Å²) in [7, 11) is 0. The van der Waals surface area contributed by atoms with E-state index in [1.807, 2.05) is 12.3 Å². The van der Waals surface area contributed by atoms with Crippen LogP contribution in [-0.4, -0.2) is 59.2 Å². The number of hydrogen-bond donors (Lipinski definition) is 2. The van der Waals surface area contributed by atoms with Gasteiger partial charge in [-0.2, -0.15) is 0 Å². The second-order valence-electron chi connectivity index (χ2n) is 4.70. The maximum atomic E-state index is 5.34. The Hall–Kier alpha value is -1.66. The molecule has 2 aromatic rings. The topological polar surface area (TPSA) is 66.1 Å². The predicted molar refractivity (Wildman–Crippen MR) is 74.3 cm³/mol. The van der Waals surface area contributed by atoms with Gasteiger partial charge in [0.05, 0.1) is 18.6 Å². The summed E-state index contributed by atoms with van der Waals surface area (Å²) in [5.41, 5.74) is 0.880. The lowest BCUT2D eigenvalue weighted by atomic mass is 10.3. The molecule has 1 fully saturated rings. The van der Waals surface area contributed by atoms with Crippen LogP contribution in [0, 0.1) is 0 Å². The van der Waals surface area contributed by atoms with Crippen molar-refractivity contribution in [3.05, 3.63) is 18.6 Å². The molecule has 1 aliphatic heterocycles. The van der Waals surface area contributed by atoms with Gasteiger partial charge in [0, 0.05) is 25.8 Å². The fourth-order valence-electron chi connectivity index (χ4n) is 2.35. The van der Waals surface area contributed by atoms with E-state index in [4.69, 9.17) is 4.74 Å². The quantitative estimate of drug-likeness (QED) is 0.789. The maximum Gasteiger partial charge on any atom is 0.142 e. The van der Waals surface area contributed by atoms with Gasteiger partial charge in [-0.3, -0.25) is 4.90 Å². The lowest BCUT2D eigenvalue weighted by Gasteiger charge is -2.26. The summed E-state index contributed by atoms with van der Waals surface area (Å²) in [6.07, 6.45) is 4.58. The highest BCUT2D eigenvalue weighted by Crippen LogP contribution is 2.17. The first-order valence-electron chi connectivity index (χ1n) is 6.75. The van der Waals surface area contributed by atoms with Crippen LogP contribution in [0.4, 0.5) is 5.82 Å². The summed E-state index contributed by atoms with van der Waals surface area (Å²) >= 11 is 0. The minimum absolute atomic E-state index is 0.864. The van der Waals surface area contributed by atoms with Gasteiger partial charge in [-0.05, 0) is 19.0 Å². The Morgan fingerprint density at radius 2 is 2.21 bits per heavy atom. The molecule has 1 aliphatic rings. The largest absolute Gasteiger partial charge is 0.379 e. The maximum absolute atomic E-state index is 5.34. The van der Waals surface area contributed by atoms with Crippen molar-refractivity contribution in [2.45, 2.75) is 6.42 Å². The van der Waals surface area contributed by atoms with Gasteiger partial charge in [-0.1, -0.05) is 0 Å². The van der Waals surface area contributed by atoms with E-state index in [0.29, 0.717) is 0 Å². The summed E-state index contributed by atoms with van der Waals surface area (Å²) in [6.45, 7) is 5.87. The minimum Gasteiger partial charge on any atom is -0.379 e. The Kier molecular flexibility index (Phi) is 3.90. The number of morpholine rings is 1. The summed E-state index contributed by atoms with van der Waals surface area (Å²) < 4.78 is 5.34. The van der Waals surface area contributed by atoms with Crippen molar-refractivity contribution >= 4 is 16.9 Å². The van der Waals surface area contributed by atoms with Crippen molar-refractivity contribution in [3.8, 4) is 0 Å². The predicted octanol–water partition coefficient (Wildman–Crippen LogP) is 1.09. The summed E-state index contributed by atoms with van der Waals surface area (Å²) in [5, 5.41) is 4.43. The number of nitrogens with one attached hydrogen (secondary N) is 2. The number of aromatic amines is 1. The molecule has 0 aliphatic carbocycles. The zero-order valence-corrected chi connectivity index (χ0v) is 10.9. The lowest BCUT2D eigenvalue weighted by Crippen LogP contribution is -2.37. The van der Waals surface area contributed by atoms with Gasteiger partial charge in [0.1, 0.15) is 17.8 Å². The van der Waals surface area contributed by atoms with Gasteiger partial charge in [-0.15, -0.1) is 0 Å². The molecule has 3 heterocycles. The molecule has 0 radical (unpaired) electrons. The molecule has 0 saturated carbocycles. The second kappa shape index (κ2) is 5.99. The third-order valence-electron chi connectivity index (χ3n) is 3.40. The first-order valence-corrected chi connectivity index (χ1v) is 6.75. The second-order valence-corrected chi connectivity index (χ2v) is 4.70. The SMILES string of the molecule is c1nc(NCCCN2CCOCC2)c2cc[nH]c2n1. The van der Waals surface area contributed by atoms with Crippen LogP contribution < -0.4 is 5.32 Å². The molecule has 6 heteroatoms. The Morgan fingerprint density at radius 3 is 3.11 bits per heavy atom. The van der Waals surface area contributed by atoms with Crippen LogP contribution >= 0.6 is 0 Å². The van der Waals surface area contributed by atoms with E-state index >= 15 is 0 Å². The monoisotopic (exact) mass is 261 g/mol. The van der Waals surface area contributed by atoms with Crippen LogP contribution in [-0.2, 0) is 4.74 Å². The van der Waals surface area contributed by atoms with E-state index in [1.54, 1.807) is 6.33 Å². The number of fused-ring (bicyclic) bond motifs is 1. The Bertz CT molecular complexity index is 520. The third kappa shape index (κ3) is 3.02. The van der Waals surface area contributed by atoms with Gasteiger partial charge in [0.2, 0.25) is 0 Å². The van der Waals surface area contributed by atoms with E-state index in [1.165, 1.54) is 0 Å². The smallest absolute Gasteiger partial charge is 0.142 e. The Labute approximate surface area is 112 Å². The molecular weight excluding hydrogens is 242 g/mol. The number of H-pyrrole nitrogens is 1. The summed E-state index contributed by atoms with van der Waals surface area (Å²) in [5.74, 6) is 0.910. The molecule has 1 saturated heterocycles. The van der Waals surface area contributed by atoms with E-state index in [2.05, 4.69) is 25.2 Å². The summed E-state index contributed by atoms with van der Waals surface area (Å²) in [4.78, 5) is 14.0. The first kappa shape index (κ1) is 12.4. The van der Waals surface area contributed by atoms with Gasteiger partial charge >= 0.3 is 0 Å². The van der Waals surface area contributed by atoms with Crippen molar-refractivity contribution in [2.75, 3.05) is 44.7 Å². The third-order valence-corrected chi connectivity index (χ3v) is 3.40. The molecule has 0 bridgehead atoms. The van der Waals surface area contributed by atoms with Gasteiger partial charge in [0.15, 0.2) is 0 Å². The van der Waals surface area contributed by atoms with Crippen molar-refractivity contribution in [3.63, 3.8) is 0 Å². The molecule has 0 aromatic carbocycles. The molecule has 2 aromatic heterocycles.